The van der Waals surface area contributed by atoms with Crippen LogP contribution in [0.1, 0.15) is 59.8 Å². The summed E-state index contributed by atoms with van der Waals surface area (Å²) in [6, 6.07) is 0. The molecular weight excluding hydrogens is 144 g/mol. The van der Waals surface area contributed by atoms with E-state index in [0.29, 0.717) is 0 Å². The van der Waals surface area contributed by atoms with Crippen LogP contribution in [-0.2, 0) is 0 Å². The highest BCUT2D eigenvalue weighted by Gasteiger charge is 2.38. The summed E-state index contributed by atoms with van der Waals surface area (Å²) < 4.78 is 0. The maximum absolute atomic E-state index is 2.40. The Morgan fingerprint density at radius 1 is 1.08 bits per heavy atom. The van der Waals surface area contributed by atoms with Crippen molar-refractivity contribution >= 4 is 0 Å². The molecule has 0 saturated heterocycles. The van der Waals surface area contributed by atoms with Gasteiger partial charge in [-0.2, -0.15) is 0 Å². The quantitative estimate of drug-likeness (QED) is 0.588. The van der Waals surface area contributed by atoms with E-state index in [1.54, 1.807) is 0 Å². The number of hydrogen-bond donors (Lipinski definition) is 0. The molecule has 0 bridgehead atoms. The predicted molar refractivity (Wildman–Crippen MR) is 55.2 cm³/mol. The Morgan fingerprint density at radius 2 is 1.67 bits per heavy atom. The standard InChI is InChI=1S/C12H24/c1-10(2)6-9-12(11(3)4)7-5-8-12/h10-11H,5-9H2,1-4H3. The normalized spacial score (nSPS) is 21.5. The van der Waals surface area contributed by atoms with Crippen LogP contribution < -0.4 is 0 Å². The fraction of sp³-hybridized carbons (Fsp3) is 1.00. The fourth-order valence-corrected chi connectivity index (χ4v) is 2.32. The smallest absolute Gasteiger partial charge is 0.0274 e. The lowest BCUT2D eigenvalue weighted by Gasteiger charge is -2.46. The summed E-state index contributed by atoms with van der Waals surface area (Å²) in [6.07, 6.45) is 7.38. The lowest BCUT2D eigenvalue weighted by atomic mass is 9.59. The van der Waals surface area contributed by atoms with Crippen LogP contribution >= 0.6 is 0 Å². The first-order valence-corrected chi connectivity index (χ1v) is 5.57. The Labute approximate surface area is 77.7 Å². The van der Waals surface area contributed by atoms with E-state index in [0.717, 1.165) is 17.3 Å². The minimum atomic E-state index is 0.754. The van der Waals surface area contributed by atoms with Crippen molar-refractivity contribution in [1.82, 2.24) is 0 Å². The largest absolute Gasteiger partial charge is 0.0628 e. The van der Waals surface area contributed by atoms with Gasteiger partial charge in [0, 0.05) is 0 Å². The first-order valence-electron chi connectivity index (χ1n) is 5.57. The van der Waals surface area contributed by atoms with Crippen molar-refractivity contribution in [2.24, 2.45) is 17.3 Å². The molecule has 0 heteroatoms. The molecule has 0 atom stereocenters. The lowest BCUT2D eigenvalue weighted by Crippen LogP contribution is -2.35. The molecule has 0 aromatic carbocycles. The van der Waals surface area contributed by atoms with E-state index < -0.39 is 0 Å². The summed E-state index contributed by atoms with van der Waals surface area (Å²) in [5, 5.41) is 0. The van der Waals surface area contributed by atoms with Gasteiger partial charge in [-0.3, -0.25) is 0 Å². The van der Waals surface area contributed by atoms with Gasteiger partial charge in [0.1, 0.15) is 0 Å². The van der Waals surface area contributed by atoms with Gasteiger partial charge in [0.15, 0.2) is 0 Å². The summed E-state index contributed by atoms with van der Waals surface area (Å²) in [5.74, 6) is 1.80. The summed E-state index contributed by atoms with van der Waals surface area (Å²) in [5.41, 5.74) is 0.754. The Hall–Kier alpha value is 0. The third-order valence-corrected chi connectivity index (χ3v) is 3.79. The van der Waals surface area contributed by atoms with Crippen LogP contribution in [0.15, 0.2) is 0 Å². The zero-order valence-corrected chi connectivity index (χ0v) is 9.19. The highest BCUT2D eigenvalue weighted by atomic mass is 14.4. The second-order valence-electron chi connectivity index (χ2n) is 5.30. The Morgan fingerprint density at radius 3 is 1.92 bits per heavy atom. The molecule has 1 aliphatic carbocycles. The van der Waals surface area contributed by atoms with Crippen molar-refractivity contribution in [3.05, 3.63) is 0 Å². The van der Waals surface area contributed by atoms with E-state index >= 15 is 0 Å². The minimum Gasteiger partial charge on any atom is -0.0628 e. The molecule has 0 N–H and O–H groups in total. The molecule has 0 aliphatic heterocycles. The second-order valence-corrected chi connectivity index (χ2v) is 5.30. The molecular formula is C12H24. The average molecular weight is 168 g/mol. The van der Waals surface area contributed by atoms with E-state index in [2.05, 4.69) is 27.7 Å². The van der Waals surface area contributed by atoms with Gasteiger partial charge in [-0.25, -0.2) is 0 Å². The molecule has 1 fully saturated rings. The van der Waals surface area contributed by atoms with Gasteiger partial charge in [-0.1, -0.05) is 40.5 Å². The Kier molecular flexibility index (Phi) is 3.20. The molecule has 0 radical (unpaired) electrons. The molecule has 0 heterocycles. The van der Waals surface area contributed by atoms with Gasteiger partial charge in [0.2, 0.25) is 0 Å². The SMILES string of the molecule is CC(C)CCC1(C(C)C)CCC1. The molecule has 0 aromatic heterocycles. The maximum atomic E-state index is 2.40. The molecule has 0 aromatic rings. The lowest BCUT2D eigenvalue weighted by molar-refractivity contribution is 0.0508. The molecule has 1 aliphatic rings. The van der Waals surface area contributed by atoms with Crippen LogP contribution in [0.3, 0.4) is 0 Å². The highest BCUT2D eigenvalue weighted by Crippen LogP contribution is 2.50. The first kappa shape index (κ1) is 10.1. The van der Waals surface area contributed by atoms with Crippen LogP contribution in [0.5, 0.6) is 0 Å². The molecule has 1 rings (SSSR count). The summed E-state index contributed by atoms with van der Waals surface area (Å²) in [6.45, 7) is 9.48. The van der Waals surface area contributed by atoms with Crippen molar-refractivity contribution in [2.75, 3.05) is 0 Å². The maximum Gasteiger partial charge on any atom is -0.0274 e. The van der Waals surface area contributed by atoms with E-state index in [1.807, 2.05) is 0 Å². The van der Waals surface area contributed by atoms with Gasteiger partial charge in [-0.15, -0.1) is 0 Å². The van der Waals surface area contributed by atoms with Gasteiger partial charge in [0.05, 0.1) is 0 Å². The van der Waals surface area contributed by atoms with Gasteiger partial charge < -0.3 is 0 Å². The Balaban J connectivity index is 2.35. The van der Waals surface area contributed by atoms with E-state index in [1.165, 1.54) is 32.1 Å². The number of rotatable bonds is 4. The van der Waals surface area contributed by atoms with Crippen molar-refractivity contribution in [3.8, 4) is 0 Å². The monoisotopic (exact) mass is 168 g/mol. The van der Waals surface area contributed by atoms with Crippen molar-refractivity contribution in [2.45, 2.75) is 59.8 Å². The van der Waals surface area contributed by atoms with Crippen LogP contribution in [0, 0.1) is 17.3 Å². The summed E-state index contributed by atoms with van der Waals surface area (Å²) >= 11 is 0. The molecule has 12 heavy (non-hydrogen) atoms. The van der Waals surface area contributed by atoms with Crippen molar-refractivity contribution in [1.29, 1.82) is 0 Å². The minimum absolute atomic E-state index is 0.754. The van der Waals surface area contributed by atoms with Gasteiger partial charge in [0.25, 0.3) is 0 Å². The zero-order chi connectivity index (χ0) is 9.19. The van der Waals surface area contributed by atoms with Crippen molar-refractivity contribution < 1.29 is 0 Å². The summed E-state index contributed by atoms with van der Waals surface area (Å²) in [4.78, 5) is 0. The Bertz CT molecular complexity index is 129. The van der Waals surface area contributed by atoms with E-state index in [9.17, 15) is 0 Å². The molecule has 1 saturated carbocycles. The van der Waals surface area contributed by atoms with Crippen molar-refractivity contribution in [3.63, 3.8) is 0 Å². The molecule has 72 valence electrons. The molecule has 0 amide bonds. The topological polar surface area (TPSA) is 0 Å². The van der Waals surface area contributed by atoms with Crippen LogP contribution in [0.25, 0.3) is 0 Å². The van der Waals surface area contributed by atoms with Gasteiger partial charge >= 0.3 is 0 Å². The van der Waals surface area contributed by atoms with Crippen LogP contribution in [-0.4, -0.2) is 0 Å². The van der Waals surface area contributed by atoms with Crippen LogP contribution in [0.2, 0.25) is 0 Å². The zero-order valence-electron chi connectivity index (χ0n) is 9.19. The second kappa shape index (κ2) is 3.81. The third kappa shape index (κ3) is 2.02. The predicted octanol–water partition coefficient (Wildman–Crippen LogP) is 4.25. The molecule has 0 unspecified atom stereocenters. The first-order chi connectivity index (χ1) is 5.57. The average Bonchev–Trinajstić information content (AvgIpc) is 1.83. The molecule has 0 nitrogen and oxygen atoms in total. The molecule has 0 spiro atoms. The highest BCUT2D eigenvalue weighted by molar-refractivity contribution is 4.90. The van der Waals surface area contributed by atoms with E-state index in [4.69, 9.17) is 0 Å². The number of hydrogen-bond acceptors (Lipinski definition) is 0. The van der Waals surface area contributed by atoms with Gasteiger partial charge in [-0.05, 0) is 36.5 Å². The van der Waals surface area contributed by atoms with Crippen LogP contribution in [0.4, 0.5) is 0 Å². The third-order valence-electron chi connectivity index (χ3n) is 3.79. The summed E-state index contributed by atoms with van der Waals surface area (Å²) in [7, 11) is 0. The fourth-order valence-electron chi connectivity index (χ4n) is 2.32. The van der Waals surface area contributed by atoms with E-state index in [-0.39, 0.29) is 0 Å².